The first-order valence-electron chi connectivity index (χ1n) is 5.84. The van der Waals surface area contributed by atoms with Gasteiger partial charge in [-0.3, -0.25) is 0 Å². The molecule has 0 saturated heterocycles. The molecule has 1 aromatic rings. The van der Waals surface area contributed by atoms with Crippen LogP contribution in [0.25, 0.3) is 0 Å². The quantitative estimate of drug-likeness (QED) is 0.724. The van der Waals surface area contributed by atoms with Crippen molar-refractivity contribution < 1.29 is 13.5 Å². The summed E-state index contributed by atoms with van der Waals surface area (Å²) in [6, 6.07) is 6.13. The molecule has 0 aromatic heterocycles. The maximum absolute atomic E-state index is 11.0. The fraction of sp³-hybridized carbons (Fsp3) is 0.500. The van der Waals surface area contributed by atoms with Gasteiger partial charge < -0.3 is 10.4 Å². The van der Waals surface area contributed by atoms with Crippen molar-refractivity contribution >= 4 is 15.7 Å². The van der Waals surface area contributed by atoms with E-state index in [0.717, 1.165) is 12.1 Å². The van der Waals surface area contributed by atoms with E-state index in [1.165, 1.54) is 12.1 Å². The maximum Gasteiger partial charge on any atom is 0.238 e. The van der Waals surface area contributed by atoms with Gasteiger partial charge in [0.1, 0.15) is 0 Å². The Balaban J connectivity index is 2.55. The first kappa shape index (κ1) is 14.9. The number of primary sulfonamides is 1. The normalized spacial score (nSPS) is 13.6. The van der Waals surface area contributed by atoms with Crippen LogP contribution >= 0.6 is 0 Å². The molecule has 1 atom stereocenters. The summed E-state index contributed by atoms with van der Waals surface area (Å²) in [5, 5.41) is 17.7. The minimum Gasteiger partial charge on any atom is -0.391 e. The standard InChI is InChI=1S/C12H20N2O3S/c1-9(2)7-11(15)8-14-10-3-5-12(6-4-10)18(13,16)17/h3-6,9,11,14-15H,7-8H2,1-2H3,(H2,13,16,17). The van der Waals surface area contributed by atoms with Gasteiger partial charge in [0.15, 0.2) is 0 Å². The minimum atomic E-state index is -3.64. The Hall–Kier alpha value is -1.11. The summed E-state index contributed by atoms with van der Waals surface area (Å²) in [4.78, 5) is 0.0794. The van der Waals surface area contributed by atoms with Crippen molar-refractivity contribution in [2.24, 2.45) is 11.1 Å². The van der Waals surface area contributed by atoms with Gasteiger partial charge in [-0.05, 0) is 36.6 Å². The molecule has 4 N–H and O–H groups in total. The molecule has 0 bridgehead atoms. The third kappa shape index (κ3) is 5.03. The van der Waals surface area contributed by atoms with Crippen LogP contribution in [0.3, 0.4) is 0 Å². The average molecular weight is 272 g/mol. The zero-order valence-corrected chi connectivity index (χ0v) is 11.4. The Morgan fingerprint density at radius 3 is 2.28 bits per heavy atom. The molecule has 0 aliphatic rings. The highest BCUT2D eigenvalue weighted by Gasteiger charge is 2.08. The minimum absolute atomic E-state index is 0.0794. The first-order valence-corrected chi connectivity index (χ1v) is 7.38. The Morgan fingerprint density at radius 1 is 1.28 bits per heavy atom. The van der Waals surface area contributed by atoms with E-state index in [0.29, 0.717) is 12.5 Å². The van der Waals surface area contributed by atoms with E-state index in [-0.39, 0.29) is 4.90 Å². The van der Waals surface area contributed by atoms with Crippen LogP contribution in [-0.2, 0) is 10.0 Å². The highest BCUT2D eigenvalue weighted by molar-refractivity contribution is 7.89. The second-order valence-corrected chi connectivity index (χ2v) is 6.30. The molecule has 6 heteroatoms. The van der Waals surface area contributed by atoms with E-state index >= 15 is 0 Å². The van der Waals surface area contributed by atoms with Crippen LogP contribution in [-0.4, -0.2) is 26.2 Å². The number of nitrogens with one attached hydrogen (secondary N) is 1. The lowest BCUT2D eigenvalue weighted by atomic mass is 10.1. The number of rotatable bonds is 6. The van der Waals surface area contributed by atoms with E-state index in [1.807, 2.05) is 13.8 Å². The number of hydrogen-bond donors (Lipinski definition) is 3. The second-order valence-electron chi connectivity index (χ2n) is 4.73. The number of sulfonamides is 1. The number of hydrogen-bond acceptors (Lipinski definition) is 4. The van der Waals surface area contributed by atoms with Crippen molar-refractivity contribution in [1.29, 1.82) is 0 Å². The SMILES string of the molecule is CC(C)CC(O)CNc1ccc(S(N)(=O)=O)cc1. The molecule has 0 fully saturated rings. The van der Waals surface area contributed by atoms with Crippen molar-refractivity contribution in [3.8, 4) is 0 Å². The molecule has 0 radical (unpaired) electrons. The van der Waals surface area contributed by atoms with Crippen molar-refractivity contribution in [3.63, 3.8) is 0 Å². The van der Waals surface area contributed by atoms with Crippen molar-refractivity contribution in [3.05, 3.63) is 24.3 Å². The van der Waals surface area contributed by atoms with Gasteiger partial charge in [0.25, 0.3) is 0 Å². The van der Waals surface area contributed by atoms with Gasteiger partial charge in [0.2, 0.25) is 10.0 Å². The molecule has 1 rings (SSSR count). The molecule has 0 saturated carbocycles. The van der Waals surface area contributed by atoms with Gasteiger partial charge in [-0.15, -0.1) is 0 Å². The number of nitrogens with two attached hydrogens (primary N) is 1. The number of anilines is 1. The highest BCUT2D eigenvalue weighted by atomic mass is 32.2. The fourth-order valence-electron chi connectivity index (χ4n) is 1.63. The third-order valence-electron chi connectivity index (χ3n) is 2.47. The molecule has 0 aliphatic heterocycles. The molecular formula is C12H20N2O3S. The summed E-state index contributed by atoms with van der Waals surface area (Å²) in [5.41, 5.74) is 0.755. The first-order chi connectivity index (χ1) is 8.29. The lowest BCUT2D eigenvalue weighted by Gasteiger charge is -2.14. The van der Waals surface area contributed by atoms with Crippen molar-refractivity contribution in [2.75, 3.05) is 11.9 Å². The summed E-state index contributed by atoms with van der Waals surface area (Å²) in [6.07, 6.45) is 0.311. The fourth-order valence-corrected chi connectivity index (χ4v) is 2.14. The number of aliphatic hydroxyl groups excluding tert-OH is 1. The van der Waals surface area contributed by atoms with Crippen molar-refractivity contribution in [2.45, 2.75) is 31.3 Å². The summed E-state index contributed by atoms with van der Waals surface area (Å²) in [6.45, 7) is 4.53. The van der Waals surface area contributed by atoms with E-state index < -0.39 is 16.1 Å². The zero-order chi connectivity index (χ0) is 13.8. The van der Waals surface area contributed by atoms with Crippen LogP contribution in [0, 0.1) is 5.92 Å². The average Bonchev–Trinajstić information content (AvgIpc) is 2.25. The Morgan fingerprint density at radius 2 is 1.83 bits per heavy atom. The number of aliphatic hydroxyl groups is 1. The Labute approximate surface area is 108 Å². The molecular weight excluding hydrogens is 252 g/mol. The summed E-state index contributed by atoms with van der Waals surface area (Å²) in [7, 11) is -3.64. The van der Waals surface area contributed by atoms with Crippen LogP contribution in [0.2, 0.25) is 0 Å². The molecule has 1 unspecified atom stereocenters. The largest absolute Gasteiger partial charge is 0.391 e. The number of benzene rings is 1. The van der Waals surface area contributed by atoms with E-state index in [1.54, 1.807) is 12.1 Å². The van der Waals surface area contributed by atoms with Crippen molar-refractivity contribution in [1.82, 2.24) is 0 Å². The summed E-state index contributed by atoms with van der Waals surface area (Å²) < 4.78 is 22.1. The van der Waals surface area contributed by atoms with Crippen LogP contribution in [0.4, 0.5) is 5.69 Å². The van der Waals surface area contributed by atoms with Gasteiger partial charge >= 0.3 is 0 Å². The topological polar surface area (TPSA) is 92.4 Å². The van der Waals surface area contributed by atoms with E-state index in [2.05, 4.69) is 5.32 Å². The smallest absolute Gasteiger partial charge is 0.238 e. The molecule has 5 nitrogen and oxygen atoms in total. The molecule has 0 aliphatic carbocycles. The van der Waals surface area contributed by atoms with Gasteiger partial charge in [-0.25, -0.2) is 13.6 Å². The molecule has 18 heavy (non-hydrogen) atoms. The predicted octanol–water partition coefficient (Wildman–Crippen LogP) is 1.15. The van der Waals surface area contributed by atoms with Gasteiger partial charge in [0.05, 0.1) is 11.0 Å². The Bertz CT molecular complexity index is 469. The lowest BCUT2D eigenvalue weighted by Crippen LogP contribution is -2.21. The maximum atomic E-state index is 11.0. The zero-order valence-electron chi connectivity index (χ0n) is 10.6. The molecule has 0 heterocycles. The van der Waals surface area contributed by atoms with Crippen LogP contribution in [0.15, 0.2) is 29.2 Å². The lowest BCUT2D eigenvalue weighted by molar-refractivity contribution is 0.161. The van der Waals surface area contributed by atoms with E-state index in [4.69, 9.17) is 5.14 Å². The molecule has 1 aromatic carbocycles. The van der Waals surface area contributed by atoms with Gasteiger partial charge in [0, 0.05) is 12.2 Å². The summed E-state index contributed by atoms with van der Waals surface area (Å²) in [5.74, 6) is 0.437. The third-order valence-corrected chi connectivity index (χ3v) is 3.40. The van der Waals surface area contributed by atoms with Crippen LogP contribution < -0.4 is 10.5 Å². The molecule has 0 spiro atoms. The van der Waals surface area contributed by atoms with Gasteiger partial charge in [-0.1, -0.05) is 13.8 Å². The highest BCUT2D eigenvalue weighted by Crippen LogP contribution is 2.13. The van der Waals surface area contributed by atoms with E-state index in [9.17, 15) is 13.5 Å². The van der Waals surface area contributed by atoms with Crippen LogP contribution in [0.1, 0.15) is 20.3 Å². The Kier molecular flexibility index (Phi) is 5.13. The molecule has 102 valence electrons. The summed E-state index contributed by atoms with van der Waals surface area (Å²) >= 11 is 0. The van der Waals surface area contributed by atoms with Crippen LogP contribution in [0.5, 0.6) is 0 Å². The molecule has 0 amide bonds. The second kappa shape index (κ2) is 6.17. The monoisotopic (exact) mass is 272 g/mol. The predicted molar refractivity (Wildman–Crippen MR) is 71.8 cm³/mol. The van der Waals surface area contributed by atoms with Gasteiger partial charge in [-0.2, -0.15) is 0 Å².